The monoisotopic (exact) mass is 326 g/mol. The third kappa shape index (κ3) is 3.58. The summed E-state index contributed by atoms with van der Waals surface area (Å²) in [6.45, 7) is 5.68. The van der Waals surface area contributed by atoms with Gasteiger partial charge in [-0.2, -0.15) is 11.8 Å². The molecule has 1 atom stereocenters. The molecule has 2 heterocycles. The largest absolute Gasteiger partial charge is 0.338 e. The molecule has 0 N–H and O–H groups in total. The fourth-order valence-corrected chi connectivity index (χ4v) is 4.38. The highest BCUT2D eigenvalue weighted by Gasteiger charge is 2.24. The SMILES string of the molecule is Cc1ccccc1[C@@H]1CCN(C(=O)c2cccnc2C)CCS1. The summed E-state index contributed by atoms with van der Waals surface area (Å²) in [5, 5.41) is 0.476. The first-order valence-electron chi connectivity index (χ1n) is 8.05. The van der Waals surface area contributed by atoms with E-state index in [1.54, 1.807) is 6.20 Å². The summed E-state index contributed by atoms with van der Waals surface area (Å²) in [6, 6.07) is 12.3. The Bertz CT molecular complexity index is 701. The molecule has 0 unspecified atom stereocenters. The van der Waals surface area contributed by atoms with Crippen molar-refractivity contribution in [2.24, 2.45) is 0 Å². The maximum atomic E-state index is 12.8. The fraction of sp³-hybridized carbons (Fsp3) is 0.368. The lowest BCUT2D eigenvalue weighted by Gasteiger charge is -2.21. The molecular weight excluding hydrogens is 304 g/mol. The zero-order valence-corrected chi connectivity index (χ0v) is 14.5. The van der Waals surface area contributed by atoms with Gasteiger partial charge in [0.2, 0.25) is 0 Å². The van der Waals surface area contributed by atoms with Crippen molar-refractivity contribution in [1.29, 1.82) is 0 Å². The van der Waals surface area contributed by atoms with Crippen LogP contribution in [0, 0.1) is 13.8 Å². The number of benzene rings is 1. The average Bonchev–Trinajstić information content (AvgIpc) is 2.81. The number of hydrogen-bond acceptors (Lipinski definition) is 3. The Morgan fingerprint density at radius 2 is 2.00 bits per heavy atom. The van der Waals surface area contributed by atoms with Gasteiger partial charge in [-0.3, -0.25) is 9.78 Å². The highest BCUT2D eigenvalue weighted by atomic mass is 32.2. The molecule has 2 aromatic rings. The molecule has 0 bridgehead atoms. The molecular formula is C19H22N2OS. The summed E-state index contributed by atoms with van der Waals surface area (Å²) in [7, 11) is 0. The smallest absolute Gasteiger partial charge is 0.255 e. The van der Waals surface area contributed by atoms with Gasteiger partial charge in [-0.15, -0.1) is 0 Å². The number of carbonyl (C=O) groups excluding carboxylic acids is 1. The molecule has 23 heavy (non-hydrogen) atoms. The molecule has 1 saturated heterocycles. The van der Waals surface area contributed by atoms with Crippen LogP contribution in [0.5, 0.6) is 0 Å². The second kappa shape index (κ2) is 7.18. The van der Waals surface area contributed by atoms with Crippen molar-refractivity contribution in [1.82, 2.24) is 9.88 Å². The van der Waals surface area contributed by atoms with Gasteiger partial charge in [0, 0.05) is 36.0 Å². The Balaban J connectivity index is 1.73. The average molecular weight is 326 g/mol. The number of aryl methyl sites for hydroxylation is 2. The molecule has 1 aliphatic rings. The predicted octanol–water partition coefficient (Wildman–Crippen LogP) is 4.02. The molecule has 3 rings (SSSR count). The molecule has 3 nitrogen and oxygen atoms in total. The molecule has 0 spiro atoms. The Labute approximate surface area is 142 Å². The van der Waals surface area contributed by atoms with E-state index in [1.165, 1.54) is 11.1 Å². The number of aromatic nitrogens is 1. The number of hydrogen-bond donors (Lipinski definition) is 0. The Kier molecular flexibility index (Phi) is 5.01. The van der Waals surface area contributed by atoms with E-state index in [9.17, 15) is 4.79 Å². The molecule has 0 radical (unpaired) electrons. The molecule has 1 aromatic heterocycles. The van der Waals surface area contributed by atoms with Crippen LogP contribution >= 0.6 is 11.8 Å². The van der Waals surface area contributed by atoms with Crippen molar-refractivity contribution in [2.45, 2.75) is 25.5 Å². The van der Waals surface area contributed by atoms with Crippen LogP contribution in [0.2, 0.25) is 0 Å². The molecule has 1 amide bonds. The molecule has 0 saturated carbocycles. The fourth-order valence-electron chi connectivity index (χ4n) is 3.05. The van der Waals surface area contributed by atoms with Crippen molar-refractivity contribution in [2.75, 3.05) is 18.8 Å². The Hall–Kier alpha value is -1.81. The number of thioether (sulfide) groups is 1. The molecule has 4 heteroatoms. The zero-order chi connectivity index (χ0) is 16.2. The van der Waals surface area contributed by atoms with Crippen LogP contribution in [0.1, 0.15) is 38.8 Å². The van der Waals surface area contributed by atoms with Crippen LogP contribution in [0.25, 0.3) is 0 Å². The highest BCUT2D eigenvalue weighted by molar-refractivity contribution is 7.99. The predicted molar refractivity (Wildman–Crippen MR) is 95.9 cm³/mol. The second-order valence-corrected chi connectivity index (χ2v) is 7.24. The van der Waals surface area contributed by atoms with Gasteiger partial charge in [0.1, 0.15) is 0 Å². The van der Waals surface area contributed by atoms with Gasteiger partial charge < -0.3 is 4.90 Å². The van der Waals surface area contributed by atoms with Crippen LogP contribution in [0.4, 0.5) is 0 Å². The quantitative estimate of drug-likeness (QED) is 0.836. The molecule has 1 aliphatic heterocycles. The maximum absolute atomic E-state index is 12.8. The van der Waals surface area contributed by atoms with E-state index in [2.05, 4.69) is 36.2 Å². The minimum Gasteiger partial charge on any atom is -0.338 e. The second-order valence-electron chi connectivity index (χ2n) is 5.93. The number of nitrogens with zero attached hydrogens (tertiary/aromatic N) is 2. The van der Waals surface area contributed by atoms with Gasteiger partial charge >= 0.3 is 0 Å². The zero-order valence-electron chi connectivity index (χ0n) is 13.7. The lowest BCUT2D eigenvalue weighted by molar-refractivity contribution is 0.0765. The van der Waals surface area contributed by atoms with Gasteiger partial charge in [-0.1, -0.05) is 24.3 Å². The Morgan fingerprint density at radius 1 is 1.17 bits per heavy atom. The van der Waals surface area contributed by atoms with Crippen LogP contribution in [-0.2, 0) is 0 Å². The first-order chi connectivity index (χ1) is 11.2. The van der Waals surface area contributed by atoms with Gasteiger partial charge in [-0.25, -0.2) is 0 Å². The topological polar surface area (TPSA) is 33.2 Å². The van der Waals surface area contributed by atoms with Crippen molar-refractivity contribution >= 4 is 17.7 Å². The van der Waals surface area contributed by atoms with Crippen LogP contribution in [0.15, 0.2) is 42.6 Å². The molecule has 1 fully saturated rings. The summed E-state index contributed by atoms with van der Waals surface area (Å²) in [5.41, 5.74) is 4.29. The number of amides is 1. The van der Waals surface area contributed by atoms with Gasteiger partial charge in [0.05, 0.1) is 5.56 Å². The van der Waals surface area contributed by atoms with E-state index in [-0.39, 0.29) is 5.91 Å². The molecule has 1 aromatic carbocycles. The van der Waals surface area contributed by atoms with Crippen molar-refractivity contribution in [3.8, 4) is 0 Å². The van der Waals surface area contributed by atoms with Crippen molar-refractivity contribution < 1.29 is 4.79 Å². The lowest BCUT2D eigenvalue weighted by Crippen LogP contribution is -2.33. The van der Waals surface area contributed by atoms with Crippen LogP contribution in [0.3, 0.4) is 0 Å². The summed E-state index contributed by atoms with van der Waals surface area (Å²) in [5.74, 6) is 1.09. The summed E-state index contributed by atoms with van der Waals surface area (Å²) >= 11 is 1.96. The summed E-state index contributed by atoms with van der Waals surface area (Å²) < 4.78 is 0. The number of pyridine rings is 1. The highest BCUT2D eigenvalue weighted by Crippen LogP contribution is 2.36. The van der Waals surface area contributed by atoms with Crippen molar-refractivity contribution in [3.05, 3.63) is 65.0 Å². The number of rotatable bonds is 2. The van der Waals surface area contributed by atoms with Gasteiger partial charge in [0.15, 0.2) is 0 Å². The van der Waals surface area contributed by atoms with E-state index in [1.807, 2.05) is 35.7 Å². The summed E-state index contributed by atoms with van der Waals surface area (Å²) in [6.07, 6.45) is 2.74. The van der Waals surface area contributed by atoms with Gasteiger partial charge in [0.25, 0.3) is 5.91 Å². The van der Waals surface area contributed by atoms with E-state index in [4.69, 9.17) is 0 Å². The Morgan fingerprint density at radius 3 is 2.78 bits per heavy atom. The van der Waals surface area contributed by atoms with Crippen LogP contribution < -0.4 is 0 Å². The third-order valence-electron chi connectivity index (χ3n) is 4.40. The van der Waals surface area contributed by atoms with Gasteiger partial charge in [-0.05, 0) is 43.5 Å². The van der Waals surface area contributed by atoms with Crippen LogP contribution in [-0.4, -0.2) is 34.6 Å². The first kappa shape index (κ1) is 16.1. The van der Waals surface area contributed by atoms with E-state index >= 15 is 0 Å². The summed E-state index contributed by atoms with van der Waals surface area (Å²) in [4.78, 5) is 19.0. The van der Waals surface area contributed by atoms with Crippen molar-refractivity contribution in [3.63, 3.8) is 0 Å². The van der Waals surface area contributed by atoms with E-state index in [0.717, 1.165) is 36.5 Å². The standard InChI is InChI=1S/C19H22N2OS/c1-14-6-3-4-7-16(14)18-9-11-21(12-13-23-18)19(22)17-8-5-10-20-15(17)2/h3-8,10,18H,9,11-13H2,1-2H3/t18-/m0/s1. The normalized spacial score (nSPS) is 18.5. The maximum Gasteiger partial charge on any atom is 0.255 e. The molecule has 120 valence electrons. The minimum absolute atomic E-state index is 0.113. The molecule has 0 aliphatic carbocycles. The lowest BCUT2D eigenvalue weighted by atomic mass is 10.0. The minimum atomic E-state index is 0.113. The van der Waals surface area contributed by atoms with E-state index < -0.39 is 0 Å². The van der Waals surface area contributed by atoms with E-state index in [0.29, 0.717) is 5.25 Å². The third-order valence-corrected chi connectivity index (χ3v) is 5.71. The first-order valence-corrected chi connectivity index (χ1v) is 9.09. The number of carbonyl (C=O) groups is 1.